The molecule has 0 saturated heterocycles. The average molecular weight is 377 g/mol. The number of pyridine rings is 1. The van der Waals surface area contributed by atoms with E-state index in [-0.39, 0.29) is 5.91 Å². The zero-order valence-corrected chi connectivity index (χ0v) is 16.3. The Labute approximate surface area is 165 Å². The molecule has 1 aromatic heterocycles. The van der Waals surface area contributed by atoms with E-state index in [4.69, 9.17) is 0 Å². The highest BCUT2D eigenvalue weighted by Gasteiger charge is 2.12. The molecule has 2 aromatic carbocycles. The number of amides is 1. The van der Waals surface area contributed by atoms with Crippen LogP contribution in [0.15, 0.2) is 84.0 Å². The van der Waals surface area contributed by atoms with Gasteiger partial charge in [0.1, 0.15) is 0 Å². The van der Waals surface area contributed by atoms with Crippen molar-refractivity contribution in [1.82, 2.24) is 10.3 Å². The van der Waals surface area contributed by atoms with Crippen molar-refractivity contribution in [2.45, 2.75) is 29.9 Å². The maximum absolute atomic E-state index is 12.5. The Morgan fingerprint density at radius 3 is 2.48 bits per heavy atom. The van der Waals surface area contributed by atoms with Gasteiger partial charge in [-0.15, -0.1) is 11.8 Å². The molecule has 4 heteroatoms. The number of carbonyl (C=O) groups excluding carboxylic acids is 1. The molecular weight excluding hydrogens is 352 g/mol. The fourth-order valence-electron chi connectivity index (χ4n) is 2.89. The number of rotatable bonds is 8. The van der Waals surface area contributed by atoms with E-state index in [0.717, 1.165) is 17.1 Å². The summed E-state index contributed by atoms with van der Waals surface area (Å²) in [4.78, 5) is 17.7. The van der Waals surface area contributed by atoms with Crippen molar-refractivity contribution in [2.75, 3.05) is 6.54 Å². The van der Waals surface area contributed by atoms with Crippen LogP contribution in [0.3, 0.4) is 0 Å². The molecule has 0 aliphatic carbocycles. The Balaban J connectivity index is 1.52. The fourth-order valence-corrected chi connectivity index (χ4v) is 3.73. The monoisotopic (exact) mass is 376 g/mol. The van der Waals surface area contributed by atoms with Crippen LogP contribution in [-0.4, -0.2) is 17.4 Å². The normalized spacial score (nSPS) is 11.7. The van der Waals surface area contributed by atoms with Crippen LogP contribution < -0.4 is 5.32 Å². The first-order chi connectivity index (χ1) is 13.3. The van der Waals surface area contributed by atoms with E-state index >= 15 is 0 Å². The maximum Gasteiger partial charge on any atom is 0.251 e. The summed E-state index contributed by atoms with van der Waals surface area (Å²) in [6.07, 6.45) is 4.66. The number of carbonyl (C=O) groups is 1. The maximum atomic E-state index is 12.5. The van der Waals surface area contributed by atoms with Gasteiger partial charge >= 0.3 is 0 Å². The summed E-state index contributed by atoms with van der Waals surface area (Å²) < 4.78 is 0. The molecule has 1 unspecified atom stereocenters. The van der Waals surface area contributed by atoms with Gasteiger partial charge in [-0.2, -0.15) is 0 Å². The molecule has 1 atom stereocenters. The first-order valence-corrected chi connectivity index (χ1v) is 10.2. The molecule has 0 spiro atoms. The minimum atomic E-state index is -0.0202. The van der Waals surface area contributed by atoms with Gasteiger partial charge in [-0.1, -0.05) is 43.3 Å². The zero-order chi connectivity index (χ0) is 18.9. The van der Waals surface area contributed by atoms with Crippen molar-refractivity contribution >= 4 is 17.7 Å². The molecular formula is C23H24N2OS. The highest BCUT2D eigenvalue weighted by Crippen LogP contribution is 2.23. The van der Waals surface area contributed by atoms with E-state index < -0.39 is 0 Å². The topological polar surface area (TPSA) is 42.0 Å². The molecule has 3 rings (SSSR count). The molecule has 0 bridgehead atoms. The molecule has 138 valence electrons. The smallest absolute Gasteiger partial charge is 0.251 e. The number of thioether (sulfide) groups is 1. The Morgan fingerprint density at radius 1 is 1.04 bits per heavy atom. The van der Waals surface area contributed by atoms with Gasteiger partial charge < -0.3 is 5.32 Å². The van der Waals surface area contributed by atoms with Crippen LogP contribution in [0.1, 0.15) is 40.7 Å². The van der Waals surface area contributed by atoms with Crippen molar-refractivity contribution in [1.29, 1.82) is 0 Å². The van der Waals surface area contributed by atoms with Gasteiger partial charge in [-0.25, -0.2) is 0 Å². The highest BCUT2D eigenvalue weighted by atomic mass is 32.2. The summed E-state index contributed by atoms with van der Waals surface area (Å²) >= 11 is 1.74. The number of benzene rings is 2. The van der Waals surface area contributed by atoms with Crippen LogP contribution in [0.4, 0.5) is 0 Å². The van der Waals surface area contributed by atoms with Crippen LogP contribution >= 0.6 is 11.8 Å². The minimum absolute atomic E-state index is 0.0202. The second kappa shape index (κ2) is 9.93. The molecule has 1 amide bonds. The number of aromatic nitrogens is 1. The van der Waals surface area contributed by atoms with Crippen LogP contribution in [0.2, 0.25) is 0 Å². The van der Waals surface area contributed by atoms with Gasteiger partial charge in [-0.05, 0) is 47.9 Å². The van der Waals surface area contributed by atoms with Crippen LogP contribution in [0, 0.1) is 0 Å². The molecule has 0 fully saturated rings. The number of nitrogens with one attached hydrogen (secondary N) is 1. The minimum Gasteiger partial charge on any atom is -0.351 e. The summed E-state index contributed by atoms with van der Waals surface area (Å²) in [5, 5.41) is 3.07. The largest absolute Gasteiger partial charge is 0.351 e. The van der Waals surface area contributed by atoms with Crippen molar-refractivity contribution in [2.24, 2.45) is 0 Å². The van der Waals surface area contributed by atoms with Crippen LogP contribution in [0.25, 0.3) is 0 Å². The lowest BCUT2D eigenvalue weighted by molar-refractivity contribution is 0.0951. The predicted octanol–water partition coefficient (Wildman–Crippen LogP) is 5.30. The summed E-state index contributed by atoms with van der Waals surface area (Å²) in [7, 11) is 0. The summed E-state index contributed by atoms with van der Waals surface area (Å²) in [5.41, 5.74) is 3.15. The van der Waals surface area contributed by atoms with E-state index in [0.29, 0.717) is 18.0 Å². The number of nitrogens with zero attached hydrogens (tertiary/aromatic N) is 1. The zero-order valence-electron chi connectivity index (χ0n) is 15.5. The molecule has 3 aromatic rings. The standard InChI is InChI=1S/C23H24N2OS/c1-2-19(20-8-4-3-5-9-20)16-25-23(26)21-10-12-22(13-11-21)27-17-18-7-6-14-24-15-18/h3-15,19H,2,16-17H2,1H3,(H,25,26). The lowest BCUT2D eigenvalue weighted by Crippen LogP contribution is -2.28. The van der Waals surface area contributed by atoms with Gasteiger partial charge in [0.25, 0.3) is 5.91 Å². The first-order valence-electron chi connectivity index (χ1n) is 9.21. The lowest BCUT2D eigenvalue weighted by atomic mass is 9.96. The Kier molecular flexibility index (Phi) is 7.05. The third-order valence-corrected chi connectivity index (χ3v) is 5.60. The van der Waals surface area contributed by atoms with Gasteiger partial charge in [0.05, 0.1) is 0 Å². The SMILES string of the molecule is CCC(CNC(=O)c1ccc(SCc2cccnc2)cc1)c1ccccc1. The summed E-state index contributed by atoms with van der Waals surface area (Å²) in [5.74, 6) is 1.19. The van der Waals surface area contributed by atoms with Gasteiger partial charge in [0, 0.05) is 41.1 Å². The molecule has 27 heavy (non-hydrogen) atoms. The number of hydrogen-bond acceptors (Lipinski definition) is 3. The first kappa shape index (κ1) is 19.2. The van der Waals surface area contributed by atoms with Crippen molar-refractivity contribution in [3.05, 3.63) is 95.8 Å². The van der Waals surface area contributed by atoms with E-state index in [1.54, 1.807) is 18.0 Å². The van der Waals surface area contributed by atoms with Crippen molar-refractivity contribution < 1.29 is 4.79 Å². The van der Waals surface area contributed by atoms with Gasteiger partial charge in [0.15, 0.2) is 0 Å². The quantitative estimate of drug-likeness (QED) is 0.543. The predicted molar refractivity (Wildman–Crippen MR) is 112 cm³/mol. The summed E-state index contributed by atoms with van der Waals surface area (Å²) in [6.45, 7) is 2.80. The lowest BCUT2D eigenvalue weighted by Gasteiger charge is -2.16. The molecule has 1 N–H and O–H groups in total. The van der Waals surface area contributed by atoms with E-state index in [1.807, 2.05) is 54.7 Å². The molecule has 3 nitrogen and oxygen atoms in total. The summed E-state index contributed by atoms with van der Waals surface area (Å²) in [6, 6.07) is 22.2. The van der Waals surface area contributed by atoms with Crippen LogP contribution in [0.5, 0.6) is 0 Å². The second-order valence-corrected chi connectivity index (χ2v) is 7.45. The third kappa shape index (κ3) is 5.69. The third-order valence-electron chi connectivity index (χ3n) is 4.52. The van der Waals surface area contributed by atoms with Crippen LogP contribution in [-0.2, 0) is 5.75 Å². The van der Waals surface area contributed by atoms with E-state index in [2.05, 4.69) is 35.4 Å². The van der Waals surface area contributed by atoms with E-state index in [1.165, 1.54) is 11.1 Å². The highest BCUT2D eigenvalue weighted by molar-refractivity contribution is 7.98. The molecule has 0 radical (unpaired) electrons. The average Bonchev–Trinajstić information content (AvgIpc) is 2.74. The van der Waals surface area contributed by atoms with E-state index in [9.17, 15) is 4.79 Å². The molecule has 0 aliphatic heterocycles. The fraction of sp³-hybridized carbons (Fsp3) is 0.217. The van der Waals surface area contributed by atoms with Crippen molar-refractivity contribution in [3.8, 4) is 0 Å². The van der Waals surface area contributed by atoms with Crippen molar-refractivity contribution in [3.63, 3.8) is 0 Å². The Morgan fingerprint density at radius 2 is 1.81 bits per heavy atom. The molecule has 1 heterocycles. The second-order valence-electron chi connectivity index (χ2n) is 6.40. The Hall–Kier alpha value is -2.59. The molecule has 0 aliphatic rings. The van der Waals surface area contributed by atoms with Gasteiger partial charge in [-0.3, -0.25) is 9.78 Å². The Bertz CT molecular complexity index is 835. The van der Waals surface area contributed by atoms with Gasteiger partial charge in [0.2, 0.25) is 0 Å². The molecule has 0 saturated carbocycles. The number of hydrogen-bond donors (Lipinski definition) is 1.